The Morgan fingerprint density at radius 1 is 0.963 bits per heavy atom. The Labute approximate surface area is 170 Å². The molecule has 1 aromatic carbocycles. The van der Waals surface area contributed by atoms with Gasteiger partial charge < -0.3 is 0 Å². The number of rotatable bonds is 14. The van der Waals surface area contributed by atoms with Crippen molar-refractivity contribution in [2.24, 2.45) is 5.92 Å². The summed E-state index contributed by atoms with van der Waals surface area (Å²) in [5.74, 6) is -0.657. The molecular formula is C23H40O3Sn. The fourth-order valence-electron chi connectivity index (χ4n) is 4.16. The summed E-state index contributed by atoms with van der Waals surface area (Å²) in [6, 6.07) is 9.63. The molecule has 1 aromatic rings. The number of carbonyl (C=O) groups excluding carboxylic acids is 1. The molecule has 0 saturated carbocycles. The number of unbranched alkanes of at least 4 members (excludes halogenated alkanes) is 3. The first-order valence-electron chi connectivity index (χ1n) is 10.8. The summed E-state index contributed by atoms with van der Waals surface area (Å²) < 4.78 is 10.1. The summed E-state index contributed by atoms with van der Waals surface area (Å²) in [7, 11) is 1.45. The van der Waals surface area contributed by atoms with Crippen LogP contribution in [0.25, 0.3) is 0 Å². The zero-order chi connectivity index (χ0) is 20.1. The average molecular weight is 483 g/mol. The molecule has 4 heteroatoms. The molecule has 27 heavy (non-hydrogen) atoms. The van der Waals surface area contributed by atoms with Crippen molar-refractivity contribution in [1.82, 2.24) is 0 Å². The maximum absolute atomic E-state index is 12.7. The molecule has 2 atom stereocenters. The van der Waals surface area contributed by atoms with Crippen LogP contribution in [-0.4, -0.2) is 36.6 Å². The summed E-state index contributed by atoms with van der Waals surface area (Å²) in [6.45, 7) is 6.77. The van der Waals surface area contributed by atoms with Gasteiger partial charge in [-0.05, 0) is 0 Å². The second-order valence-corrected chi connectivity index (χ2v) is 22.0. The monoisotopic (exact) mass is 484 g/mol. The van der Waals surface area contributed by atoms with Gasteiger partial charge in [-0.25, -0.2) is 0 Å². The first kappa shape index (κ1) is 24.5. The molecule has 0 fully saturated rings. The van der Waals surface area contributed by atoms with Crippen molar-refractivity contribution in [3.05, 3.63) is 35.9 Å². The van der Waals surface area contributed by atoms with Crippen molar-refractivity contribution < 1.29 is 14.6 Å². The van der Waals surface area contributed by atoms with Crippen molar-refractivity contribution in [2.75, 3.05) is 7.11 Å². The summed E-state index contributed by atoms with van der Waals surface area (Å²) in [5, 5.41) is 11.1. The van der Waals surface area contributed by atoms with Crippen LogP contribution in [0.4, 0.5) is 0 Å². The van der Waals surface area contributed by atoms with Gasteiger partial charge in [-0.1, -0.05) is 0 Å². The van der Waals surface area contributed by atoms with Gasteiger partial charge in [0.25, 0.3) is 0 Å². The van der Waals surface area contributed by atoms with Crippen LogP contribution in [0.3, 0.4) is 0 Å². The van der Waals surface area contributed by atoms with Crippen molar-refractivity contribution in [1.29, 1.82) is 0 Å². The van der Waals surface area contributed by atoms with E-state index in [0.29, 0.717) is 0 Å². The third kappa shape index (κ3) is 8.14. The number of hydrogen-bond acceptors (Lipinski definition) is 3. The Hall–Kier alpha value is -0.551. The fraction of sp³-hybridized carbons (Fsp3) is 0.696. The molecule has 0 spiro atoms. The van der Waals surface area contributed by atoms with Gasteiger partial charge in [-0.2, -0.15) is 0 Å². The van der Waals surface area contributed by atoms with Crippen LogP contribution < -0.4 is 0 Å². The second-order valence-electron chi connectivity index (χ2n) is 8.00. The SMILES string of the molecule is CCC[CH2][Sn]([CH2]CCC)([CH2]CCC)[CH2][C@@H](C(=O)OC)[C@H](O)c1ccccc1. The van der Waals surface area contributed by atoms with Gasteiger partial charge >= 0.3 is 171 Å². The van der Waals surface area contributed by atoms with Crippen LogP contribution in [0, 0.1) is 5.92 Å². The zero-order valence-corrected chi connectivity index (χ0v) is 20.7. The fourth-order valence-corrected chi connectivity index (χ4v) is 21.3. The number of methoxy groups -OCH3 is 1. The van der Waals surface area contributed by atoms with E-state index in [2.05, 4.69) is 20.8 Å². The van der Waals surface area contributed by atoms with Crippen LogP contribution in [0.5, 0.6) is 0 Å². The van der Waals surface area contributed by atoms with Crippen molar-refractivity contribution in [3.8, 4) is 0 Å². The van der Waals surface area contributed by atoms with E-state index in [1.54, 1.807) is 0 Å². The van der Waals surface area contributed by atoms with Gasteiger partial charge in [0.05, 0.1) is 0 Å². The number of benzene rings is 1. The molecule has 0 aliphatic rings. The first-order chi connectivity index (χ1) is 13.0. The van der Waals surface area contributed by atoms with Crippen molar-refractivity contribution in [2.45, 2.75) is 83.1 Å². The zero-order valence-electron chi connectivity index (χ0n) is 17.9. The molecule has 0 aromatic heterocycles. The van der Waals surface area contributed by atoms with Gasteiger partial charge in [0.1, 0.15) is 0 Å². The Kier molecular flexibility index (Phi) is 12.3. The Morgan fingerprint density at radius 3 is 1.85 bits per heavy atom. The normalized spacial score (nSPS) is 14.0. The Morgan fingerprint density at radius 2 is 1.44 bits per heavy atom. The summed E-state index contributed by atoms with van der Waals surface area (Å²) >= 11 is -2.56. The van der Waals surface area contributed by atoms with E-state index in [0.717, 1.165) is 10.0 Å². The van der Waals surface area contributed by atoms with Crippen LogP contribution in [0.1, 0.15) is 71.0 Å². The molecule has 0 unspecified atom stereocenters. The molecule has 0 saturated heterocycles. The quantitative estimate of drug-likeness (QED) is 0.248. The van der Waals surface area contributed by atoms with E-state index in [-0.39, 0.29) is 5.97 Å². The number of esters is 1. The summed E-state index contributed by atoms with van der Waals surface area (Å²) in [6.07, 6.45) is 6.65. The molecule has 0 heterocycles. The van der Waals surface area contributed by atoms with E-state index in [1.165, 1.54) is 58.9 Å². The van der Waals surface area contributed by atoms with E-state index < -0.39 is 30.4 Å². The molecular weight excluding hydrogens is 443 g/mol. The van der Waals surface area contributed by atoms with Gasteiger partial charge in [-0.15, -0.1) is 0 Å². The molecule has 0 aliphatic heterocycles. The molecule has 0 aliphatic carbocycles. The van der Waals surface area contributed by atoms with Gasteiger partial charge in [0.15, 0.2) is 0 Å². The molecule has 1 N–H and O–H groups in total. The molecule has 154 valence electrons. The minimum absolute atomic E-state index is 0.239. The first-order valence-corrected chi connectivity index (χ1v) is 18.9. The Balaban J connectivity index is 3.15. The number of hydrogen-bond donors (Lipinski definition) is 1. The van der Waals surface area contributed by atoms with Crippen LogP contribution >= 0.6 is 0 Å². The molecule has 1 rings (SSSR count). The number of ether oxygens (including phenoxy) is 1. The molecule has 0 bridgehead atoms. The van der Waals surface area contributed by atoms with Gasteiger partial charge in [-0.3, -0.25) is 0 Å². The average Bonchev–Trinajstić information content (AvgIpc) is 2.72. The van der Waals surface area contributed by atoms with E-state index >= 15 is 0 Å². The van der Waals surface area contributed by atoms with Crippen molar-refractivity contribution in [3.63, 3.8) is 0 Å². The number of aliphatic hydroxyl groups is 1. The predicted molar refractivity (Wildman–Crippen MR) is 117 cm³/mol. The third-order valence-corrected chi connectivity index (χ3v) is 21.7. The molecule has 0 amide bonds. The number of aliphatic hydroxyl groups excluding tert-OH is 1. The van der Waals surface area contributed by atoms with Gasteiger partial charge in [0, 0.05) is 0 Å². The third-order valence-electron chi connectivity index (χ3n) is 5.86. The topological polar surface area (TPSA) is 46.5 Å². The molecule has 0 radical (unpaired) electrons. The van der Waals surface area contributed by atoms with Crippen molar-refractivity contribution >= 4 is 24.3 Å². The van der Waals surface area contributed by atoms with Crippen LogP contribution in [0.2, 0.25) is 17.7 Å². The number of carbonyl (C=O) groups is 1. The molecule has 3 nitrogen and oxygen atoms in total. The summed E-state index contributed by atoms with van der Waals surface area (Å²) in [5.41, 5.74) is 0.828. The standard InChI is InChI=1S/C11H13O3.3C4H9.Sn/c1-8(11(13)14-2)10(12)9-6-4-3-5-7-9;3*1-3-4-2;/h3-8,10,12H,1H2,2H3;3*1,3-4H2,2H3;/t8-,10+;;;;/m1..../s1. The van der Waals surface area contributed by atoms with E-state index in [4.69, 9.17) is 4.74 Å². The predicted octanol–water partition coefficient (Wildman–Crippen LogP) is 6.36. The van der Waals surface area contributed by atoms with Crippen LogP contribution in [0.15, 0.2) is 30.3 Å². The minimum atomic E-state index is -2.56. The summed E-state index contributed by atoms with van der Waals surface area (Å²) in [4.78, 5) is 12.7. The van der Waals surface area contributed by atoms with Gasteiger partial charge in [0.2, 0.25) is 0 Å². The van der Waals surface area contributed by atoms with Crippen LogP contribution in [-0.2, 0) is 9.53 Å². The van der Waals surface area contributed by atoms with E-state index in [9.17, 15) is 9.90 Å². The second kappa shape index (κ2) is 13.6. The Bertz CT molecular complexity index is 496. The van der Waals surface area contributed by atoms with E-state index in [1.807, 2.05) is 30.3 Å². The maximum atomic E-state index is 12.7.